The molecule has 2 amide bonds. The maximum Gasteiger partial charge on any atom is 0.262 e. The first-order valence-corrected chi connectivity index (χ1v) is 13.7. The normalized spacial score (nSPS) is 19.7. The van der Waals surface area contributed by atoms with Crippen molar-refractivity contribution >= 4 is 17.7 Å². The van der Waals surface area contributed by atoms with Crippen molar-refractivity contribution in [3.63, 3.8) is 0 Å². The van der Waals surface area contributed by atoms with E-state index in [0.717, 1.165) is 16.7 Å². The topological polar surface area (TPSA) is 88.4 Å². The molecule has 0 saturated heterocycles. The molecule has 0 aliphatic carbocycles. The molecule has 0 fully saturated rings. The van der Waals surface area contributed by atoms with E-state index in [-0.39, 0.29) is 25.5 Å². The third-order valence-electron chi connectivity index (χ3n) is 7.53. The maximum atomic E-state index is 14.7. The number of rotatable bonds is 7. The van der Waals surface area contributed by atoms with Crippen LogP contribution < -0.4 is 4.74 Å². The Labute approximate surface area is 238 Å². The Balaban J connectivity index is 1.46. The number of carbonyl (C=O) groups is 2. The lowest BCUT2D eigenvalue weighted by Gasteiger charge is -2.32. The number of hydrogen-bond donors (Lipinski definition) is 1. The molecular weight excluding hydrogens is 516 g/mol. The van der Waals surface area contributed by atoms with Gasteiger partial charge in [-0.15, -0.1) is 0 Å². The first-order valence-electron chi connectivity index (χ1n) is 13.7. The van der Waals surface area contributed by atoms with Crippen LogP contribution >= 0.6 is 0 Å². The van der Waals surface area contributed by atoms with E-state index in [1.165, 1.54) is 4.90 Å². The Morgan fingerprint density at radius 1 is 0.902 bits per heavy atom. The van der Waals surface area contributed by atoms with Gasteiger partial charge in [0.2, 0.25) is 5.90 Å². The first-order chi connectivity index (χ1) is 20.1. The zero-order valence-corrected chi connectivity index (χ0v) is 22.5. The highest BCUT2D eigenvalue weighted by atomic mass is 16.5. The fourth-order valence-electron chi connectivity index (χ4n) is 5.45. The molecule has 4 aromatic carbocycles. The number of ether oxygens (including phenoxy) is 2. The number of benzene rings is 4. The molecule has 7 heteroatoms. The minimum absolute atomic E-state index is 0.0621. The van der Waals surface area contributed by atoms with Crippen LogP contribution in [0.15, 0.2) is 114 Å². The summed E-state index contributed by atoms with van der Waals surface area (Å²) in [5, 5.41) is 9.03. The van der Waals surface area contributed by atoms with Crippen molar-refractivity contribution in [3.05, 3.63) is 137 Å². The summed E-state index contributed by atoms with van der Waals surface area (Å²) in [5.74, 6) is 0.233. The largest absolute Gasteiger partial charge is 0.494 e. The number of aliphatic imine (C=N–C) groups is 1. The molecule has 2 atom stereocenters. The summed E-state index contributed by atoms with van der Waals surface area (Å²) in [4.78, 5) is 34.9. The van der Waals surface area contributed by atoms with Gasteiger partial charge in [-0.05, 0) is 53.1 Å². The summed E-state index contributed by atoms with van der Waals surface area (Å²) >= 11 is 0. The minimum Gasteiger partial charge on any atom is -0.494 e. The first kappa shape index (κ1) is 26.5. The third-order valence-corrected chi connectivity index (χ3v) is 7.53. The van der Waals surface area contributed by atoms with Crippen molar-refractivity contribution in [2.75, 3.05) is 13.2 Å². The number of fused-ring (bicyclic) bond motifs is 1. The molecule has 2 aliphatic heterocycles. The van der Waals surface area contributed by atoms with Crippen molar-refractivity contribution in [3.8, 4) is 5.75 Å². The van der Waals surface area contributed by atoms with Crippen molar-refractivity contribution in [1.82, 2.24) is 4.90 Å². The van der Waals surface area contributed by atoms with E-state index in [4.69, 9.17) is 19.6 Å². The number of aliphatic hydroxyl groups excluding tert-OH is 1. The van der Waals surface area contributed by atoms with Crippen LogP contribution in [0.5, 0.6) is 5.75 Å². The van der Waals surface area contributed by atoms with E-state index in [1.54, 1.807) is 24.3 Å². The Morgan fingerprint density at radius 2 is 1.56 bits per heavy atom. The highest BCUT2D eigenvalue weighted by molar-refractivity contribution is 6.10. The second-order valence-electron chi connectivity index (χ2n) is 10.2. The molecule has 0 unspecified atom stereocenters. The molecule has 7 nitrogen and oxygen atoms in total. The fourth-order valence-corrected chi connectivity index (χ4v) is 5.45. The van der Waals surface area contributed by atoms with E-state index in [9.17, 15) is 9.59 Å². The summed E-state index contributed by atoms with van der Waals surface area (Å²) in [6.45, 7) is 0.620. The van der Waals surface area contributed by atoms with Gasteiger partial charge < -0.3 is 14.6 Å². The van der Waals surface area contributed by atoms with Gasteiger partial charge in [0.25, 0.3) is 11.8 Å². The summed E-state index contributed by atoms with van der Waals surface area (Å²) in [6.07, 6.45) is 0.0796. The van der Waals surface area contributed by atoms with E-state index < -0.39 is 17.6 Å². The highest BCUT2D eigenvalue weighted by Gasteiger charge is 2.57. The highest BCUT2D eigenvalue weighted by Crippen LogP contribution is 2.45. The summed E-state index contributed by atoms with van der Waals surface area (Å²) in [7, 11) is 0. The number of carbonyl (C=O) groups excluding carboxylic acids is 2. The maximum absolute atomic E-state index is 14.7. The van der Waals surface area contributed by atoms with Crippen molar-refractivity contribution in [2.24, 2.45) is 4.99 Å². The second-order valence-corrected chi connectivity index (χ2v) is 10.2. The average molecular weight is 547 g/mol. The van der Waals surface area contributed by atoms with Crippen LogP contribution in [0.1, 0.15) is 45.1 Å². The monoisotopic (exact) mass is 546 g/mol. The van der Waals surface area contributed by atoms with Crippen LogP contribution in [-0.2, 0) is 22.5 Å². The molecule has 2 heterocycles. The van der Waals surface area contributed by atoms with Crippen LogP contribution in [0.4, 0.5) is 0 Å². The smallest absolute Gasteiger partial charge is 0.262 e. The molecule has 4 aromatic rings. The van der Waals surface area contributed by atoms with Gasteiger partial charge in [-0.3, -0.25) is 14.5 Å². The van der Waals surface area contributed by atoms with Crippen LogP contribution in [0.3, 0.4) is 0 Å². The van der Waals surface area contributed by atoms with Crippen molar-refractivity contribution in [2.45, 2.75) is 31.0 Å². The summed E-state index contributed by atoms with van der Waals surface area (Å²) < 4.78 is 12.2. The lowest BCUT2D eigenvalue weighted by atomic mass is 9.82. The van der Waals surface area contributed by atoms with E-state index >= 15 is 0 Å². The van der Waals surface area contributed by atoms with E-state index in [2.05, 4.69) is 0 Å². The molecule has 1 N–H and O–H groups in total. The van der Waals surface area contributed by atoms with E-state index in [1.807, 2.05) is 84.9 Å². The number of hydrogen-bond acceptors (Lipinski definition) is 6. The molecule has 6 rings (SSSR count). The number of aliphatic hydroxyl groups is 1. The number of imide groups is 1. The zero-order valence-electron chi connectivity index (χ0n) is 22.5. The van der Waals surface area contributed by atoms with Crippen LogP contribution in [0.2, 0.25) is 0 Å². The standard InChI is InChI=1S/C34H30N2O5/c37-20-9-21-40-29-18-16-25(17-19-29)31-35-34(30(41-31)24-10-3-1-4-11-24)22-27-14-7-8-15-28(27)23-36(33(34)39)32(38)26-12-5-2-6-13-26/h1-8,10-19,30,37H,9,20-23H2/t30-,34-/m1/s1. The van der Waals surface area contributed by atoms with Crippen molar-refractivity contribution in [1.29, 1.82) is 0 Å². The zero-order chi connectivity index (χ0) is 28.2. The van der Waals surface area contributed by atoms with Gasteiger partial charge in [0.15, 0.2) is 11.6 Å². The van der Waals surface area contributed by atoms with E-state index in [0.29, 0.717) is 35.8 Å². The van der Waals surface area contributed by atoms with Gasteiger partial charge in [0.1, 0.15) is 5.75 Å². The Bertz CT molecular complexity index is 1570. The van der Waals surface area contributed by atoms with Crippen molar-refractivity contribution < 1.29 is 24.2 Å². The quantitative estimate of drug-likeness (QED) is 0.257. The average Bonchev–Trinajstić information content (AvgIpc) is 3.36. The van der Waals surface area contributed by atoms with Crippen LogP contribution in [0.25, 0.3) is 0 Å². The van der Waals surface area contributed by atoms with Crippen LogP contribution in [-0.4, -0.2) is 46.5 Å². The van der Waals surface area contributed by atoms with Gasteiger partial charge in [-0.2, -0.15) is 0 Å². The summed E-state index contributed by atoms with van der Waals surface area (Å²) in [5.41, 5.74) is 2.39. The molecule has 0 bridgehead atoms. The third kappa shape index (κ3) is 5.12. The van der Waals surface area contributed by atoms with Gasteiger partial charge in [0.05, 0.1) is 13.2 Å². The molecule has 0 aromatic heterocycles. The Hall–Kier alpha value is -4.75. The Kier molecular flexibility index (Phi) is 7.35. The molecule has 1 spiro atoms. The summed E-state index contributed by atoms with van der Waals surface area (Å²) in [6, 6.07) is 33.6. The van der Waals surface area contributed by atoms with Gasteiger partial charge >= 0.3 is 0 Å². The number of amides is 2. The molecule has 206 valence electrons. The van der Waals surface area contributed by atoms with Gasteiger partial charge in [-0.1, -0.05) is 72.8 Å². The van der Waals surface area contributed by atoms with Gasteiger partial charge in [0, 0.05) is 30.6 Å². The minimum atomic E-state index is -1.40. The second kappa shape index (κ2) is 11.4. The molecule has 41 heavy (non-hydrogen) atoms. The molecule has 0 radical (unpaired) electrons. The lowest BCUT2D eigenvalue weighted by molar-refractivity contribution is -0.137. The van der Waals surface area contributed by atoms with Crippen LogP contribution in [0, 0.1) is 0 Å². The predicted octanol–water partition coefficient (Wildman–Crippen LogP) is 5.13. The predicted molar refractivity (Wildman–Crippen MR) is 155 cm³/mol. The fraction of sp³-hybridized carbons (Fsp3) is 0.206. The molecular formula is C34H30N2O5. The SMILES string of the molecule is O=C(c1ccccc1)N1Cc2ccccc2C[C@]2(N=C(c3ccc(OCCCO)cc3)O[C@@H]2c2ccccc2)C1=O. The molecule has 0 saturated carbocycles. The lowest BCUT2D eigenvalue weighted by Crippen LogP contribution is -2.51. The van der Waals surface area contributed by atoms with Gasteiger partial charge in [-0.25, -0.2) is 4.99 Å². The number of nitrogens with zero attached hydrogens (tertiary/aromatic N) is 2. The molecule has 2 aliphatic rings. The Morgan fingerprint density at radius 3 is 2.27 bits per heavy atom.